The smallest absolute Gasteiger partial charge is 0.244 e. The summed E-state index contributed by atoms with van der Waals surface area (Å²) in [7, 11) is -3.96. The molecule has 2 N–H and O–H groups in total. The minimum Gasteiger partial charge on any atom is -0.395 e. The Morgan fingerprint density at radius 2 is 1.42 bits per heavy atom. The summed E-state index contributed by atoms with van der Waals surface area (Å²) in [6.45, 7) is -1.06. The van der Waals surface area contributed by atoms with Crippen LogP contribution in [0, 0.1) is 0 Å². The van der Waals surface area contributed by atoms with Crippen LogP contribution in [0.5, 0.6) is 0 Å². The molecule has 0 heterocycles. The van der Waals surface area contributed by atoms with Crippen molar-refractivity contribution in [1.82, 2.24) is 4.31 Å². The number of hydrogen-bond acceptors (Lipinski definition) is 4. The van der Waals surface area contributed by atoms with Crippen LogP contribution in [0.4, 0.5) is 0 Å². The maximum absolute atomic E-state index is 12.3. The van der Waals surface area contributed by atoms with Crippen molar-refractivity contribution in [2.45, 2.75) is 4.90 Å². The minimum absolute atomic E-state index is 0.0533. The second-order valence-corrected chi connectivity index (χ2v) is 6.68. The van der Waals surface area contributed by atoms with Gasteiger partial charge >= 0.3 is 0 Å². The third-order valence-electron chi connectivity index (χ3n) is 2.29. The summed E-state index contributed by atoms with van der Waals surface area (Å²) >= 11 is 17.4. The van der Waals surface area contributed by atoms with Crippen LogP contribution in [0.25, 0.3) is 0 Å². The van der Waals surface area contributed by atoms with Gasteiger partial charge in [-0.3, -0.25) is 0 Å². The zero-order valence-corrected chi connectivity index (χ0v) is 12.8. The van der Waals surface area contributed by atoms with E-state index in [2.05, 4.69) is 0 Å². The fourth-order valence-corrected chi connectivity index (χ4v) is 3.81. The van der Waals surface area contributed by atoms with Crippen LogP contribution in [0.2, 0.25) is 15.1 Å². The lowest BCUT2D eigenvalue weighted by Gasteiger charge is -2.21. The molecular weight excluding hydrogens is 337 g/mol. The van der Waals surface area contributed by atoms with Crippen molar-refractivity contribution in [1.29, 1.82) is 0 Å². The standard InChI is InChI=1S/C10H12Cl3NO4S/c11-7-5-9(13)10(6-8(7)12)19(17,18)14(1-3-15)2-4-16/h5-6,15-16H,1-4H2. The number of rotatable bonds is 6. The lowest BCUT2D eigenvalue weighted by molar-refractivity contribution is 0.217. The van der Waals surface area contributed by atoms with Gasteiger partial charge in [-0.05, 0) is 12.1 Å². The quantitative estimate of drug-likeness (QED) is 0.766. The first kappa shape index (κ1) is 17.0. The van der Waals surface area contributed by atoms with E-state index in [1.165, 1.54) is 6.07 Å². The Kier molecular flexibility index (Phi) is 6.32. The highest BCUT2D eigenvalue weighted by atomic mass is 35.5. The molecule has 0 saturated heterocycles. The van der Waals surface area contributed by atoms with Gasteiger partial charge in [-0.15, -0.1) is 0 Å². The van der Waals surface area contributed by atoms with E-state index >= 15 is 0 Å². The van der Waals surface area contributed by atoms with Crippen molar-refractivity contribution in [2.75, 3.05) is 26.3 Å². The zero-order valence-electron chi connectivity index (χ0n) is 9.68. The van der Waals surface area contributed by atoms with E-state index in [9.17, 15) is 8.42 Å². The highest BCUT2D eigenvalue weighted by molar-refractivity contribution is 7.89. The molecule has 0 aliphatic heterocycles. The summed E-state index contributed by atoms with van der Waals surface area (Å²) < 4.78 is 25.5. The van der Waals surface area contributed by atoms with Crippen molar-refractivity contribution in [2.24, 2.45) is 0 Å². The van der Waals surface area contributed by atoms with Crippen LogP contribution in [0.3, 0.4) is 0 Å². The first-order chi connectivity index (χ1) is 8.84. The van der Waals surface area contributed by atoms with E-state index in [1.54, 1.807) is 0 Å². The largest absolute Gasteiger partial charge is 0.395 e. The van der Waals surface area contributed by atoms with Gasteiger partial charge in [0.2, 0.25) is 10.0 Å². The molecule has 0 amide bonds. The highest BCUT2D eigenvalue weighted by Crippen LogP contribution is 2.32. The summed E-state index contributed by atoms with van der Waals surface area (Å²) in [6.07, 6.45) is 0. The SMILES string of the molecule is O=S(=O)(c1cc(Cl)c(Cl)cc1Cl)N(CCO)CCO. The lowest BCUT2D eigenvalue weighted by atomic mass is 10.4. The van der Waals surface area contributed by atoms with Crippen LogP contribution in [0.1, 0.15) is 0 Å². The van der Waals surface area contributed by atoms with Crippen LogP contribution in [-0.4, -0.2) is 49.2 Å². The Morgan fingerprint density at radius 3 is 1.89 bits per heavy atom. The summed E-state index contributed by atoms with van der Waals surface area (Å²) in [6, 6.07) is 2.37. The fraction of sp³-hybridized carbons (Fsp3) is 0.400. The second-order valence-electron chi connectivity index (χ2n) is 3.55. The van der Waals surface area contributed by atoms with E-state index in [4.69, 9.17) is 45.0 Å². The van der Waals surface area contributed by atoms with Gasteiger partial charge in [-0.2, -0.15) is 4.31 Å². The molecule has 0 aromatic heterocycles. The fourth-order valence-electron chi connectivity index (χ4n) is 1.42. The van der Waals surface area contributed by atoms with Gasteiger partial charge < -0.3 is 10.2 Å². The Hall–Kier alpha value is -0.0800. The summed E-state index contributed by atoms with van der Waals surface area (Å²) in [4.78, 5) is -0.217. The molecule has 0 aliphatic rings. The summed E-state index contributed by atoms with van der Waals surface area (Å²) in [5.41, 5.74) is 0. The van der Waals surface area contributed by atoms with Crippen molar-refractivity contribution < 1.29 is 18.6 Å². The molecule has 1 aromatic carbocycles. The minimum atomic E-state index is -3.96. The Bertz CT molecular complexity index is 544. The Balaban J connectivity index is 3.28. The predicted octanol–water partition coefficient (Wildman–Crippen LogP) is 1.62. The molecule has 0 saturated carbocycles. The van der Waals surface area contributed by atoms with Crippen molar-refractivity contribution in [3.63, 3.8) is 0 Å². The molecule has 1 aromatic rings. The van der Waals surface area contributed by atoms with Crippen molar-refractivity contribution in [3.05, 3.63) is 27.2 Å². The van der Waals surface area contributed by atoms with Crippen molar-refractivity contribution in [3.8, 4) is 0 Å². The van der Waals surface area contributed by atoms with Gasteiger partial charge in [0.25, 0.3) is 0 Å². The third-order valence-corrected chi connectivity index (χ3v) is 5.38. The molecule has 108 valence electrons. The molecule has 0 atom stereocenters. The first-order valence-corrected chi connectivity index (χ1v) is 7.78. The van der Waals surface area contributed by atoms with Crippen LogP contribution in [-0.2, 0) is 10.0 Å². The molecule has 0 unspecified atom stereocenters. The summed E-state index contributed by atoms with van der Waals surface area (Å²) in [5.74, 6) is 0. The Morgan fingerprint density at radius 1 is 0.947 bits per heavy atom. The first-order valence-electron chi connectivity index (χ1n) is 5.21. The molecule has 0 spiro atoms. The molecule has 19 heavy (non-hydrogen) atoms. The lowest BCUT2D eigenvalue weighted by Crippen LogP contribution is -2.36. The number of sulfonamides is 1. The molecule has 0 radical (unpaired) electrons. The van der Waals surface area contributed by atoms with Crippen LogP contribution < -0.4 is 0 Å². The molecular formula is C10H12Cl3NO4S. The molecule has 0 bridgehead atoms. The highest BCUT2D eigenvalue weighted by Gasteiger charge is 2.27. The maximum Gasteiger partial charge on any atom is 0.244 e. The Labute approximate surface area is 126 Å². The van der Waals surface area contributed by atoms with E-state index in [-0.39, 0.29) is 46.3 Å². The number of hydrogen-bond donors (Lipinski definition) is 2. The topological polar surface area (TPSA) is 77.8 Å². The normalized spacial score (nSPS) is 12.1. The average Bonchev–Trinajstić information content (AvgIpc) is 2.33. The molecule has 5 nitrogen and oxygen atoms in total. The number of aliphatic hydroxyl groups is 2. The van der Waals surface area contributed by atoms with Crippen molar-refractivity contribution >= 4 is 44.8 Å². The number of benzene rings is 1. The molecule has 0 fully saturated rings. The van der Waals surface area contributed by atoms with E-state index < -0.39 is 10.0 Å². The molecule has 9 heteroatoms. The van der Waals surface area contributed by atoms with Crippen LogP contribution >= 0.6 is 34.8 Å². The van der Waals surface area contributed by atoms with Gasteiger partial charge in [0, 0.05) is 13.1 Å². The maximum atomic E-state index is 12.3. The van der Waals surface area contributed by atoms with E-state index in [1.807, 2.05) is 0 Å². The molecule has 1 rings (SSSR count). The van der Waals surface area contributed by atoms with Gasteiger partial charge in [0.15, 0.2) is 0 Å². The predicted molar refractivity (Wildman–Crippen MR) is 74.4 cm³/mol. The monoisotopic (exact) mass is 347 g/mol. The number of nitrogens with zero attached hydrogens (tertiary/aromatic N) is 1. The van der Waals surface area contributed by atoms with Crippen LogP contribution in [0.15, 0.2) is 17.0 Å². The van der Waals surface area contributed by atoms with Gasteiger partial charge in [-0.1, -0.05) is 34.8 Å². The zero-order chi connectivity index (χ0) is 14.6. The third kappa shape index (κ3) is 3.95. The van der Waals surface area contributed by atoms with Gasteiger partial charge in [0.05, 0.1) is 28.3 Å². The number of halogens is 3. The second kappa shape index (κ2) is 7.08. The van der Waals surface area contributed by atoms with E-state index in [0.717, 1.165) is 10.4 Å². The number of aliphatic hydroxyl groups excluding tert-OH is 2. The average molecular weight is 349 g/mol. The molecule has 0 aliphatic carbocycles. The van der Waals surface area contributed by atoms with Gasteiger partial charge in [-0.25, -0.2) is 8.42 Å². The van der Waals surface area contributed by atoms with Gasteiger partial charge in [0.1, 0.15) is 4.90 Å². The summed E-state index contributed by atoms with van der Waals surface area (Å²) in [5, 5.41) is 17.9. The van der Waals surface area contributed by atoms with E-state index in [0.29, 0.717) is 0 Å².